The minimum absolute atomic E-state index is 0.107. The topological polar surface area (TPSA) is 29.1 Å². The number of nitrogens with one attached hydrogen (secondary N) is 1. The molecule has 0 heterocycles. The second-order valence-corrected chi connectivity index (χ2v) is 5.77. The van der Waals surface area contributed by atoms with E-state index in [-0.39, 0.29) is 11.9 Å². The van der Waals surface area contributed by atoms with Crippen molar-refractivity contribution >= 4 is 33.4 Å². The first-order valence-electron chi connectivity index (χ1n) is 6.29. The highest BCUT2D eigenvalue weighted by molar-refractivity contribution is 9.10. The summed E-state index contributed by atoms with van der Waals surface area (Å²) < 4.78 is 0.962. The lowest BCUT2D eigenvalue weighted by molar-refractivity contribution is 0.0939. The smallest absolute Gasteiger partial charge is 0.252 e. The van der Waals surface area contributed by atoms with Gasteiger partial charge in [0, 0.05) is 15.9 Å². The number of amides is 1. The standard InChI is InChI=1S/C16H15BrClNO/c1-11-9-13(17)7-8-14(11)16(20)19-15(10-18)12-5-3-2-4-6-12/h2-9,15H,10H2,1H3,(H,19,20). The summed E-state index contributed by atoms with van der Waals surface area (Å²) >= 11 is 9.37. The van der Waals surface area contributed by atoms with Crippen molar-refractivity contribution in [3.05, 3.63) is 69.7 Å². The molecule has 104 valence electrons. The van der Waals surface area contributed by atoms with E-state index < -0.39 is 0 Å². The van der Waals surface area contributed by atoms with Crippen LogP contribution in [0.2, 0.25) is 0 Å². The highest BCUT2D eigenvalue weighted by Gasteiger charge is 2.16. The largest absolute Gasteiger partial charge is 0.344 e. The third-order valence-corrected chi connectivity index (χ3v) is 3.90. The Morgan fingerprint density at radius 1 is 1.25 bits per heavy atom. The Labute approximate surface area is 132 Å². The maximum absolute atomic E-state index is 12.3. The van der Waals surface area contributed by atoms with Crippen molar-refractivity contribution in [1.29, 1.82) is 0 Å². The van der Waals surface area contributed by atoms with Gasteiger partial charge in [-0.3, -0.25) is 4.79 Å². The van der Waals surface area contributed by atoms with E-state index in [0.29, 0.717) is 11.4 Å². The summed E-state index contributed by atoms with van der Waals surface area (Å²) in [5.74, 6) is 0.232. The van der Waals surface area contributed by atoms with Gasteiger partial charge in [-0.25, -0.2) is 0 Å². The summed E-state index contributed by atoms with van der Waals surface area (Å²) in [6, 6.07) is 15.1. The number of benzene rings is 2. The lowest BCUT2D eigenvalue weighted by Crippen LogP contribution is -2.30. The van der Waals surface area contributed by atoms with Crippen LogP contribution in [-0.2, 0) is 0 Å². The van der Waals surface area contributed by atoms with E-state index in [0.717, 1.165) is 15.6 Å². The van der Waals surface area contributed by atoms with Crippen LogP contribution in [0, 0.1) is 6.92 Å². The van der Waals surface area contributed by atoms with Crippen LogP contribution in [0.3, 0.4) is 0 Å². The zero-order chi connectivity index (χ0) is 14.5. The molecule has 0 radical (unpaired) electrons. The molecule has 2 nitrogen and oxygen atoms in total. The van der Waals surface area contributed by atoms with Crippen molar-refractivity contribution in [3.63, 3.8) is 0 Å². The zero-order valence-corrected chi connectivity index (χ0v) is 13.4. The third kappa shape index (κ3) is 3.62. The molecule has 0 spiro atoms. The number of alkyl halides is 1. The highest BCUT2D eigenvalue weighted by Crippen LogP contribution is 2.18. The number of halogens is 2. The molecular formula is C16H15BrClNO. The van der Waals surface area contributed by atoms with Crippen LogP contribution in [0.15, 0.2) is 53.0 Å². The van der Waals surface area contributed by atoms with E-state index in [4.69, 9.17) is 11.6 Å². The van der Waals surface area contributed by atoms with Crippen LogP contribution in [0.5, 0.6) is 0 Å². The molecule has 0 aliphatic rings. The molecular weight excluding hydrogens is 338 g/mol. The lowest BCUT2D eigenvalue weighted by Gasteiger charge is -2.17. The molecule has 0 aliphatic heterocycles. The average Bonchev–Trinajstić information content (AvgIpc) is 2.45. The maximum Gasteiger partial charge on any atom is 0.252 e. The summed E-state index contributed by atoms with van der Waals surface area (Å²) in [7, 11) is 0. The Balaban J connectivity index is 2.17. The molecule has 0 saturated heterocycles. The van der Waals surface area contributed by atoms with Crippen molar-refractivity contribution in [2.24, 2.45) is 0 Å². The summed E-state index contributed by atoms with van der Waals surface area (Å²) in [5.41, 5.74) is 2.60. The van der Waals surface area contributed by atoms with Gasteiger partial charge in [-0.15, -0.1) is 11.6 Å². The van der Waals surface area contributed by atoms with Gasteiger partial charge in [-0.2, -0.15) is 0 Å². The molecule has 0 aromatic heterocycles. The van der Waals surface area contributed by atoms with Crippen molar-refractivity contribution in [3.8, 4) is 0 Å². The fourth-order valence-electron chi connectivity index (χ4n) is 2.01. The van der Waals surface area contributed by atoms with Crippen molar-refractivity contribution in [2.75, 3.05) is 5.88 Å². The second kappa shape index (κ2) is 6.91. The molecule has 4 heteroatoms. The van der Waals surface area contributed by atoms with E-state index in [2.05, 4.69) is 21.2 Å². The van der Waals surface area contributed by atoms with Crippen LogP contribution < -0.4 is 5.32 Å². The minimum Gasteiger partial charge on any atom is -0.344 e. The molecule has 0 bridgehead atoms. The molecule has 1 atom stereocenters. The van der Waals surface area contributed by atoms with Crippen molar-refractivity contribution in [2.45, 2.75) is 13.0 Å². The SMILES string of the molecule is Cc1cc(Br)ccc1C(=O)NC(CCl)c1ccccc1. The Morgan fingerprint density at radius 2 is 1.95 bits per heavy atom. The van der Waals surface area contributed by atoms with Crippen LogP contribution in [0.1, 0.15) is 27.5 Å². The van der Waals surface area contributed by atoms with E-state index >= 15 is 0 Å². The number of aryl methyl sites for hydroxylation is 1. The van der Waals surface area contributed by atoms with Gasteiger partial charge in [-0.05, 0) is 36.2 Å². The Morgan fingerprint density at radius 3 is 2.55 bits per heavy atom. The van der Waals surface area contributed by atoms with Crippen molar-refractivity contribution in [1.82, 2.24) is 5.32 Å². The number of carbonyl (C=O) groups excluding carboxylic acids is 1. The Bertz CT molecular complexity index is 601. The predicted octanol–water partition coefficient (Wildman–Crippen LogP) is 4.47. The normalized spacial score (nSPS) is 11.9. The van der Waals surface area contributed by atoms with Gasteiger partial charge in [0.15, 0.2) is 0 Å². The Hall–Kier alpha value is -1.32. The molecule has 2 rings (SSSR count). The van der Waals surface area contributed by atoms with Crippen molar-refractivity contribution < 1.29 is 4.79 Å². The molecule has 0 fully saturated rings. The predicted molar refractivity (Wildman–Crippen MR) is 86.2 cm³/mol. The van der Waals surface area contributed by atoms with Gasteiger partial charge in [0.05, 0.1) is 6.04 Å². The molecule has 0 saturated carbocycles. The first-order valence-corrected chi connectivity index (χ1v) is 7.62. The van der Waals surface area contributed by atoms with E-state index in [1.54, 1.807) is 0 Å². The van der Waals surface area contributed by atoms with Gasteiger partial charge >= 0.3 is 0 Å². The number of rotatable bonds is 4. The fourth-order valence-corrected chi connectivity index (χ4v) is 2.75. The molecule has 1 unspecified atom stereocenters. The molecule has 1 amide bonds. The van der Waals surface area contributed by atoms with E-state index in [1.165, 1.54) is 0 Å². The number of hydrogen-bond acceptors (Lipinski definition) is 1. The Kier molecular flexibility index (Phi) is 5.21. The lowest BCUT2D eigenvalue weighted by atomic mass is 10.1. The van der Waals surface area contributed by atoms with Crippen LogP contribution in [0.25, 0.3) is 0 Å². The molecule has 1 N–H and O–H groups in total. The van der Waals surface area contributed by atoms with Crippen LogP contribution in [0.4, 0.5) is 0 Å². The average molecular weight is 353 g/mol. The van der Waals surface area contributed by atoms with Crippen LogP contribution in [-0.4, -0.2) is 11.8 Å². The summed E-state index contributed by atoms with van der Waals surface area (Å²) in [6.45, 7) is 1.91. The minimum atomic E-state index is -0.187. The zero-order valence-electron chi connectivity index (χ0n) is 11.1. The molecule has 2 aromatic carbocycles. The van der Waals surface area contributed by atoms with Gasteiger partial charge in [-0.1, -0.05) is 46.3 Å². The fraction of sp³-hybridized carbons (Fsp3) is 0.188. The summed E-state index contributed by atoms with van der Waals surface area (Å²) in [5, 5.41) is 2.97. The monoisotopic (exact) mass is 351 g/mol. The van der Waals surface area contributed by atoms with Gasteiger partial charge in [0.1, 0.15) is 0 Å². The second-order valence-electron chi connectivity index (χ2n) is 4.55. The summed E-state index contributed by atoms with van der Waals surface area (Å²) in [4.78, 5) is 12.3. The molecule has 20 heavy (non-hydrogen) atoms. The first-order chi connectivity index (χ1) is 9.61. The highest BCUT2D eigenvalue weighted by atomic mass is 79.9. The van der Waals surface area contributed by atoms with E-state index in [1.807, 2.05) is 55.5 Å². The number of hydrogen-bond donors (Lipinski definition) is 1. The molecule has 0 aliphatic carbocycles. The van der Waals surface area contributed by atoms with Gasteiger partial charge in [0.2, 0.25) is 0 Å². The quantitative estimate of drug-likeness (QED) is 0.808. The van der Waals surface area contributed by atoms with Gasteiger partial charge < -0.3 is 5.32 Å². The van der Waals surface area contributed by atoms with E-state index in [9.17, 15) is 4.79 Å². The first kappa shape index (κ1) is 15.1. The van der Waals surface area contributed by atoms with Crippen LogP contribution >= 0.6 is 27.5 Å². The third-order valence-electron chi connectivity index (χ3n) is 3.09. The summed E-state index contributed by atoms with van der Waals surface area (Å²) in [6.07, 6.45) is 0. The molecule has 2 aromatic rings. The number of carbonyl (C=O) groups is 1. The van der Waals surface area contributed by atoms with Gasteiger partial charge in [0.25, 0.3) is 5.91 Å². The maximum atomic E-state index is 12.3.